The third kappa shape index (κ3) is 3.97. The number of anilines is 1. The van der Waals surface area contributed by atoms with Gasteiger partial charge in [0.15, 0.2) is 6.61 Å². The lowest BCUT2D eigenvalue weighted by molar-refractivity contribution is -0.119. The number of benzene rings is 1. The van der Waals surface area contributed by atoms with Gasteiger partial charge in [0.05, 0.1) is 11.3 Å². The van der Waals surface area contributed by atoms with Crippen LogP contribution in [0.3, 0.4) is 0 Å². The molecule has 0 aliphatic heterocycles. The zero-order valence-corrected chi connectivity index (χ0v) is 12.7. The Morgan fingerprint density at radius 1 is 1.17 bits per heavy atom. The van der Waals surface area contributed by atoms with Crippen molar-refractivity contribution in [1.29, 1.82) is 0 Å². The summed E-state index contributed by atoms with van der Waals surface area (Å²) in [5.41, 5.74) is 5.93. The monoisotopic (exact) mass is 316 g/mol. The van der Waals surface area contributed by atoms with E-state index in [4.69, 9.17) is 14.9 Å². The maximum absolute atomic E-state index is 11.9. The van der Waals surface area contributed by atoms with Gasteiger partial charge in [-0.3, -0.25) is 9.59 Å². The standard InChI is InChI=1S/C16H16N2O5/c1-9-7-12(10(2)23-9)16(21)22-8-14(19)18-13-6-4-3-5-11(13)15(17)20/h3-7H,8H2,1-2H3,(H2,17,20)(H,18,19). The van der Waals surface area contributed by atoms with Crippen LogP contribution in [0.1, 0.15) is 32.2 Å². The predicted molar refractivity (Wildman–Crippen MR) is 82.1 cm³/mol. The van der Waals surface area contributed by atoms with Crippen molar-refractivity contribution >= 4 is 23.5 Å². The summed E-state index contributed by atoms with van der Waals surface area (Å²) in [5, 5.41) is 2.48. The summed E-state index contributed by atoms with van der Waals surface area (Å²) in [6.07, 6.45) is 0. The lowest BCUT2D eigenvalue weighted by Crippen LogP contribution is -2.23. The van der Waals surface area contributed by atoms with Crippen LogP contribution >= 0.6 is 0 Å². The zero-order chi connectivity index (χ0) is 17.0. The van der Waals surface area contributed by atoms with Crippen molar-refractivity contribution in [3.8, 4) is 0 Å². The minimum atomic E-state index is -0.664. The Labute approximate surface area is 132 Å². The van der Waals surface area contributed by atoms with Crippen molar-refractivity contribution in [3.05, 3.63) is 53.0 Å². The third-order valence-electron chi connectivity index (χ3n) is 3.06. The van der Waals surface area contributed by atoms with Gasteiger partial charge in [0, 0.05) is 0 Å². The number of ether oxygens (including phenoxy) is 1. The van der Waals surface area contributed by atoms with Crippen LogP contribution in [0.2, 0.25) is 0 Å². The van der Waals surface area contributed by atoms with Crippen LogP contribution in [0.25, 0.3) is 0 Å². The number of carbonyl (C=O) groups is 3. The van der Waals surface area contributed by atoms with E-state index in [9.17, 15) is 14.4 Å². The molecule has 0 bridgehead atoms. The normalized spacial score (nSPS) is 10.2. The van der Waals surface area contributed by atoms with Gasteiger partial charge in [-0.1, -0.05) is 12.1 Å². The molecule has 3 N–H and O–H groups in total. The molecular formula is C16H16N2O5. The second-order valence-corrected chi connectivity index (χ2v) is 4.86. The molecule has 0 aliphatic carbocycles. The first-order valence-electron chi connectivity index (χ1n) is 6.81. The molecule has 2 aromatic rings. The number of amides is 2. The molecule has 0 aliphatic rings. The number of primary amides is 1. The van der Waals surface area contributed by atoms with E-state index >= 15 is 0 Å². The molecule has 120 valence electrons. The lowest BCUT2D eigenvalue weighted by atomic mass is 10.1. The molecule has 7 nitrogen and oxygen atoms in total. The van der Waals surface area contributed by atoms with Gasteiger partial charge >= 0.3 is 5.97 Å². The number of para-hydroxylation sites is 1. The number of hydrogen-bond donors (Lipinski definition) is 2. The number of rotatable bonds is 5. The molecule has 23 heavy (non-hydrogen) atoms. The Balaban J connectivity index is 1.97. The van der Waals surface area contributed by atoms with Gasteiger partial charge in [0.25, 0.3) is 11.8 Å². The fourth-order valence-corrected chi connectivity index (χ4v) is 2.04. The Kier molecular flexibility index (Phi) is 4.80. The van der Waals surface area contributed by atoms with Crippen LogP contribution in [-0.4, -0.2) is 24.4 Å². The van der Waals surface area contributed by atoms with Crippen LogP contribution in [0.4, 0.5) is 5.69 Å². The quantitative estimate of drug-likeness (QED) is 0.817. The van der Waals surface area contributed by atoms with Gasteiger partial charge in [0.1, 0.15) is 17.1 Å². The molecule has 1 heterocycles. The summed E-state index contributed by atoms with van der Waals surface area (Å²) >= 11 is 0. The fourth-order valence-electron chi connectivity index (χ4n) is 2.04. The maximum atomic E-state index is 11.9. The van der Waals surface area contributed by atoms with E-state index in [1.807, 2.05) is 0 Å². The number of nitrogens with one attached hydrogen (secondary N) is 1. The van der Waals surface area contributed by atoms with Crippen molar-refractivity contribution < 1.29 is 23.5 Å². The molecule has 7 heteroatoms. The molecule has 0 radical (unpaired) electrons. The summed E-state index contributed by atoms with van der Waals surface area (Å²) in [4.78, 5) is 35.0. The van der Waals surface area contributed by atoms with Gasteiger partial charge in [0.2, 0.25) is 0 Å². The minimum absolute atomic E-state index is 0.175. The van der Waals surface area contributed by atoms with Crippen molar-refractivity contribution in [2.75, 3.05) is 11.9 Å². The molecule has 1 aromatic heterocycles. The predicted octanol–water partition coefficient (Wildman–Crippen LogP) is 1.79. The van der Waals surface area contributed by atoms with E-state index in [2.05, 4.69) is 5.32 Å². The summed E-state index contributed by atoms with van der Waals surface area (Å²) in [6.45, 7) is 2.85. The van der Waals surface area contributed by atoms with E-state index < -0.39 is 24.4 Å². The maximum Gasteiger partial charge on any atom is 0.342 e. The highest BCUT2D eigenvalue weighted by molar-refractivity contribution is 6.03. The van der Waals surface area contributed by atoms with Gasteiger partial charge in [-0.25, -0.2) is 4.79 Å². The van der Waals surface area contributed by atoms with E-state index in [-0.39, 0.29) is 16.8 Å². The number of furan rings is 1. The fraction of sp³-hybridized carbons (Fsp3) is 0.188. The molecule has 0 spiro atoms. The lowest BCUT2D eigenvalue weighted by Gasteiger charge is -2.09. The molecule has 0 saturated heterocycles. The molecular weight excluding hydrogens is 300 g/mol. The average molecular weight is 316 g/mol. The first-order valence-corrected chi connectivity index (χ1v) is 6.81. The zero-order valence-electron chi connectivity index (χ0n) is 12.7. The average Bonchev–Trinajstić information content (AvgIpc) is 2.84. The summed E-state index contributed by atoms with van der Waals surface area (Å²) in [7, 11) is 0. The molecule has 0 atom stereocenters. The second-order valence-electron chi connectivity index (χ2n) is 4.86. The SMILES string of the molecule is Cc1cc(C(=O)OCC(=O)Nc2ccccc2C(N)=O)c(C)o1. The van der Waals surface area contributed by atoms with E-state index in [1.54, 1.807) is 26.0 Å². The van der Waals surface area contributed by atoms with E-state index in [0.29, 0.717) is 11.5 Å². The van der Waals surface area contributed by atoms with Gasteiger partial charge in [-0.15, -0.1) is 0 Å². The highest BCUT2D eigenvalue weighted by Crippen LogP contribution is 2.16. The molecule has 2 amide bonds. The first-order chi connectivity index (χ1) is 10.9. The van der Waals surface area contributed by atoms with Gasteiger partial charge in [-0.05, 0) is 32.0 Å². The summed E-state index contributed by atoms with van der Waals surface area (Å²) in [6, 6.07) is 7.83. The minimum Gasteiger partial charge on any atom is -0.466 e. The van der Waals surface area contributed by atoms with Gasteiger partial charge in [-0.2, -0.15) is 0 Å². The largest absolute Gasteiger partial charge is 0.466 e. The van der Waals surface area contributed by atoms with Crippen LogP contribution in [-0.2, 0) is 9.53 Å². The van der Waals surface area contributed by atoms with Crippen molar-refractivity contribution in [2.24, 2.45) is 5.73 Å². The Hall–Kier alpha value is -3.09. The molecule has 1 aromatic carbocycles. The third-order valence-corrected chi connectivity index (χ3v) is 3.06. The second kappa shape index (κ2) is 6.78. The van der Waals surface area contributed by atoms with Crippen LogP contribution in [0.15, 0.2) is 34.7 Å². The van der Waals surface area contributed by atoms with Crippen LogP contribution < -0.4 is 11.1 Å². The topological polar surface area (TPSA) is 112 Å². The highest BCUT2D eigenvalue weighted by Gasteiger charge is 2.17. The van der Waals surface area contributed by atoms with Crippen molar-refractivity contribution in [2.45, 2.75) is 13.8 Å². The number of hydrogen-bond acceptors (Lipinski definition) is 5. The number of carbonyl (C=O) groups excluding carboxylic acids is 3. The summed E-state index contributed by atoms with van der Waals surface area (Å²) in [5.74, 6) is -0.897. The first kappa shape index (κ1) is 16.3. The Morgan fingerprint density at radius 3 is 2.48 bits per heavy atom. The number of aryl methyl sites for hydroxylation is 2. The highest BCUT2D eigenvalue weighted by atomic mass is 16.5. The number of esters is 1. The Bertz CT molecular complexity index is 764. The number of nitrogens with two attached hydrogens (primary N) is 1. The Morgan fingerprint density at radius 2 is 1.87 bits per heavy atom. The molecule has 0 unspecified atom stereocenters. The molecule has 0 fully saturated rings. The summed E-state index contributed by atoms with van der Waals surface area (Å²) < 4.78 is 10.2. The molecule has 0 saturated carbocycles. The van der Waals surface area contributed by atoms with Crippen LogP contribution in [0, 0.1) is 13.8 Å². The van der Waals surface area contributed by atoms with E-state index in [0.717, 1.165) is 0 Å². The van der Waals surface area contributed by atoms with Gasteiger partial charge < -0.3 is 20.2 Å². The van der Waals surface area contributed by atoms with E-state index in [1.165, 1.54) is 18.2 Å². The van der Waals surface area contributed by atoms with Crippen LogP contribution in [0.5, 0.6) is 0 Å². The van der Waals surface area contributed by atoms with Crippen molar-refractivity contribution in [1.82, 2.24) is 0 Å². The molecule has 2 rings (SSSR count). The smallest absolute Gasteiger partial charge is 0.342 e. The van der Waals surface area contributed by atoms with Crippen molar-refractivity contribution in [3.63, 3.8) is 0 Å².